The molecule has 2 aromatic heterocycles. The van der Waals surface area contributed by atoms with Crippen LogP contribution in [-0.2, 0) is 6.54 Å². The third-order valence-electron chi connectivity index (χ3n) is 4.70. The normalized spacial score (nSPS) is 11.3. The molecule has 0 amide bonds. The monoisotopic (exact) mass is 389 g/mol. The minimum absolute atomic E-state index is 0.572. The fraction of sp³-hybridized carbons (Fsp3) is 0.0455. The third-order valence-corrected chi connectivity index (χ3v) is 5.82. The number of benzene rings is 3. The van der Waals surface area contributed by atoms with E-state index >= 15 is 0 Å². The van der Waals surface area contributed by atoms with E-state index in [1.54, 1.807) is 0 Å². The van der Waals surface area contributed by atoms with Crippen molar-refractivity contribution in [1.82, 2.24) is 9.55 Å². The molecular weight excluding hydrogens is 374 g/mol. The highest BCUT2D eigenvalue weighted by Gasteiger charge is 2.13. The van der Waals surface area contributed by atoms with E-state index in [0.29, 0.717) is 11.0 Å². The lowest BCUT2D eigenvalue weighted by molar-refractivity contribution is 1.13. The topological polar surface area (TPSA) is 29.9 Å². The van der Waals surface area contributed by atoms with E-state index in [2.05, 4.69) is 87.7 Å². The zero-order valence-electron chi connectivity index (χ0n) is 14.4. The second kappa shape index (κ2) is 6.72. The summed E-state index contributed by atoms with van der Waals surface area (Å²) in [5, 5.41) is 6.07. The van der Waals surface area contributed by atoms with Crippen LogP contribution in [0.25, 0.3) is 27.5 Å². The van der Waals surface area contributed by atoms with Gasteiger partial charge in [-0.25, -0.2) is 4.98 Å². The number of aromatic nitrogens is 2. The van der Waals surface area contributed by atoms with Crippen molar-refractivity contribution in [2.75, 3.05) is 5.32 Å². The van der Waals surface area contributed by atoms with Gasteiger partial charge in [-0.05, 0) is 24.3 Å². The molecular formula is C22H16ClN3S. The first-order valence-electron chi connectivity index (χ1n) is 8.73. The second-order valence-corrected chi connectivity index (χ2v) is 8.02. The molecule has 5 aromatic rings. The summed E-state index contributed by atoms with van der Waals surface area (Å²) in [4.78, 5) is 5.23. The van der Waals surface area contributed by atoms with Crippen LogP contribution in [0.1, 0.15) is 4.88 Å². The molecule has 0 spiro atoms. The zero-order chi connectivity index (χ0) is 18.2. The Morgan fingerprint density at radius 1 is 0.852 bits per heavy atom. The first kappa shape index (κ1) is 16.4. The van der Waals surface area contributed by atoms with E-state index in [1.165, 1.54) is 33.1 Å². The molecule has 3 nitrogen and oxygen atoms in total. The predicted octanol–water partition coefficient (Wildman–Crippen LogP) is 6.51. The van der Waals surface area contributed by atoms with Gasteiger partial charge in [0.15, 0.2) is 4.47 Å². The van der Waals surface area contributed by atoms with Crippen LogP contribution in [0.4, 0.5) is 5.69 Å². The molecule has 0 fully saturated rings. The Labute approximate surface area is 165 Å². The maximum Gasteiger partial charge on any atom is 0.183 e. The maximum atomic E-state index is 5.96. The number of fused-ring (bicyclic) bond motifs is 3. The molecule has 3 aromatic carbocycles. The van der Waals surface area contributed by atoms with Crippen LogP contribution >= 0.6 is 22.9 Å². The average molecular weight is 390 g/mol. The van der Waals surface area contributed by atoms with Crippen molar-refractivity contribution >= 4 is 50.4 Å². The summed E-state index contributed by atoms with van der Waals surface area (Å²) in [6.07, 6.45) is 1.82. The summed E-state index contributed by atoms with van der Waals surface area (Å²) in [7, 11) is 0. The van der Waals surface area contributed by atoms with Gasteiger partial charge in [0.2, 0.25) is 0 Å². The van der Waals surface area contributed by atoms with Crippen molar-refractivity contribution in [3.63, 3.8) is 0 Å². The fourth-order valence-electron chi connectivity index (χ4n) is 3.55. The van der Waals surface area contributed by atoms with Crippen LogP contribution in [0.15, 0.2) is 79.0 Å². The van der Waals surface area contributed by atoms with Crippen molar-refractivity contribution < 1.29 is 0 Å². The van der Waals surface area contributed by atoms with Gasteiger partial charge in [0.1, 0.15) is 0 Å². The van der Waals surface area contributed by atoms with E-state index in [9.17, 15) is 0 Å². The summed E-state index contributed by atoms with van der Waals surface area (Å²) in [6.45, 7) is 0.693. The van der Waals surface area contributed by atoms with E-state index in [-0.39, 0.29) is 0 Å². The van der Waals surface area contributed by atoms with Crippen LogP contribution in [0, 0.1) is 0 Å². The lowest BCUT2D eigenvalue weighted by Gasteiger charge is -2.14. The smallest absolute Gasteiger partial charge is 0.183 e. The van der Waals surface area contributed by atoms with Crippen LogP contribution in [0.5, 0.6) is 0 Å². The van der Waals surface area contributed by atoms with E-state index in [1.807, 2.05) is 6.20 Å². The van der Waals surface area contributed by atoms with Gasteiger partial charge in [0, 0.05) is 21.8 Å². The van der Waals surface area contributed by atoms with E-state index in [4.69, 9.17) is 11.6 Å². The van der Waals surface area contributed by atoms with E-state index in [0.717, 1.165) is 16.3 Å². The highest BCUT2D eigenvalue weighted by Crippen LogP contribution is 2.34. The Hall–Kier alpha value is -2.82. The van der Waals surface area contributed by atoms with Crippen LogP contribution < -0.4 is 5.32 Å². The van der Waals surface area contributed by atoms with Gasteiger partial charge in [-0.15, -0.1) is 11.3 Å². The SMILES string of the molecule is Clc1ncc(CNc2ccccc2-n2c3ccccc3c3ccccc32)s1. The number of para-hydroxylation sites is 4. The van der Waals surface area contributed by atoms with Crippen molar-refractivity contribution in [3.8, 4) is 5.69 Å². The number of nitrogens with zero attached hydrogens (tertiary/aromatic N) is 2. The Balaban J connectivity index is 1.66. The van der Waals surface area contributed by atoms with Gasteiger partial charge in [0.25, 0.3) is 0 Å². The van der Waals surface area contributed by atoms with Gasteiger partial charge < -0.3 is 9.88 Å². The third kappa shape index (κ3) is 2.87. The Bertz CT molecular complexity index is 1200. The Morgan fingerprint density at radius 2 is 1.48 bits per heavy atom. The summed E-state index contributed by atoms with van der Waals surface area (Å²) in [5.74, 6) is 0. The van der Waals surface area contributed by atoms with Gasteiger partial charge in [-0.2, -0.15) is 0 Å². The molecule has 0 saturated carbocycles. The van der Waals surface area contributed by atoms with Gasteiger partial charge in [0.05, 0.1) is 29.0 Å². The molecule has 0 aliphatic carbocycles. The highest BCUT2D eigenvalue weighted by molar-refractivity contribution is 7.15. The number of hydrogen-bond acceptors (Lipinski definition) is 3. The Kier molecular flexibility index (Phi) is 4.07. The molecule has 1 N–H and O–H groups in total. The number of thiazole rings is 1. The van der Waals surface area contributed by atoms with Crippen molar-refractivity contribution in [2.24, 2.45) is 0 Å². The molecule has 0 atom stereocenters. The first-order chi connectivity index (χ1) is 13.3. The molecule has 2 heterocycles. The minimum atomic E-state index is 0.572. The minimum Gasteiger partial charge on any atom is -0.378 e. The molecule has 0 radical (unpaired) electrons. The molecule has 27 heavy (non-hydrogen) atoms. The number of hydrogen-bond donors (Lipinski definition) is 1. The van der Waals surface area contributed by atoms with Crippen molar-refractivity contribution in [3.05, 3.63) is 88.3 Å². The fourth-order valence-corrected chi connectivity index (χ4v) is 4.47. The predicted molar refractivity (Wildman–Crippen MR) is 115 cm³/mol. The van der Waals surface area contributed by atoms with E-state index < -0.39 is 0 Å². The van der Waals surface area contributed by atoms with Crippen molar-refractivity contribution in [2.45, 2.75) is 6.54 Å². The molecule has 132 valence electrons. The highest BCUT2D eigenvalue weighted by atomic mass is 35.5. The van der Waals surface area contributed by atoms with Crippen LogP contribution in [0.3, 0.4) is 0 Å². The number of rotatable bonds is 4. The number of nitrogens with one attached hydrogen (secondary N) is 1. The average Bonchev–Trinajstić information content (AvgIpc) is 3.28. The molecule has 5 heteroatoms. The lowest BCUT2D eigenvalue weighted by Crippen LogP contribution is -2.03. The summed E-state index contributed by atoms with van der Waals surface area (Å²) < 4.78 is 2.90. The summed E-state index contributed by atoms with van der Waals surface area (Å²) >= 11 is 7.46. The number of halogens is 1. The van der Waals surface area contributed by atoms with Crippen LogP contribution in [-0.4, -0.2) is 9.55 Å². The molecule has 0 saturated heterocycles. The maximum absolute atomic E-state index is 5.96. The zero-order valence-corrected chi connectivity index (χ0v) is 16.0. The summed E-state index contributed by atoms with van der Waals surface area (Å²) in [6, 6.07) is 25.5. The molecule has 5 rings (SSSR count). The van der Waals surface area contributed by atoms with Gasteiger partial charge >= 0.3 is 0 Å². The number of anilines is 1. The lowest BCUT2D eigenvalue weighted by atomic mass is 10.2. The molecule has 0 aliphatic heterocycles. The first-order valence-corrected chi connectivity index (χ1v) is 9.92. The largest absolute Gasteiger partial charge is 0.378 e. The summed E-state index contributed by atoms with van der Waals surface area (Å²) in [5.41, 5.74) is 4.61. The Morgan fingerprint density at radius 3 is 2.15 bits per heavy atom. The molecule has 0 bridgehead atoms. The van der Waals surface area contributed by atoms with Gasteiger partial charge in [-0.1, -0.05) is 60.1 Å². The van der Waals surface area contributed by atoms with Gasteiger partial charge in [-0.3, -0.25) is 0 Å². The van der Waals surface area contributed by atoms with Crippen molar-refractivity contribution in [1.29, 1.82) is 0 Å². The molecule has 0 aliphatic rings. The molecule has 0 unspecified atom stereocenters. The van der Waals surface area contributed by atoms with Crippen LogP contribution in [0.2, 0.25) is 4.47 Å². The quantitative estimate of drug-likeness (QED) is 0.380. The standard InChI is InChI=1S/C22H16ClN3S/c23-22-25-14-15(27-22)13-24-18-9-3-6-12-21(18)26-19-10-4-1-7-16(19)17-8-2-5-11-20(17)26/h1-12,14,24H,13H2. The second-order valence-electron chi connectivity index (χ2n) is 6.32.